The highest BCUT2D eigenvalue weighted by molar-refractivity contribution is 6.43. The second kappa shape index (κ2) is 7.17. The molecule has 4 rings (SSSR count). The van der Waals surface area contributed by atoms with E-state index in [1.807, 2.05) is 0 Å². The molecule has 148 valence electrons. The predicted molar refractivity (Wildman–Crippen MR) is 108 cm³/mol. The summed E-state index contributed by atoms with van der Waals surface area (Å²) in [6.45, 7) is 1.27. The van der Waals surface area contributed by atoms with Crippen LogP contribution in [0.25, 0.3) is 0 Å². The largest absolute Gasteiger partial charge is 0.324 e. The van der Waals surface area contributed by atoms with Crippen molar-refractivity contribution < 1.29 is 19.2 Å². The van der Waals surface area contributed by atoms with Crippen molar-refractivity contribution in [1.29, 1.82) is 0 Å². The zero-order chi connectivity index (χ0) is 20.9. The number of hydrogen-bond acceptors (Lipinski definition) is 4. The molecule has 0 radical (unpaired) electrons. The molecule has 0 aromatic heterocycles. The van der Waals surface area contributed by atoms with Crippen molar-refractivity contribution in [2.24, 2.45) is 0 Å². The van der Waals surface area contributed by atoms with Gasteiger partial charge in [-0.2, -0.15) is 0 Å². The number of amides is 4. The lowest BCUT2D eigenvalue weighted by Crippen LogP contribution is -2.46. The number of anilines is 2. The van der Waals surface area contributed by atoms with Crippen molar-refractivity contribution in [3.63, 3.8) is 0 Å². The van der Waals surface area contributed by atoms with Crippen LogP contribution in [-0.4, -0.2) is 41.1 Å². The van der Waals surface area contributed by atoms with Crippen LogP contribution in [0.1, 0.15) is 34.1 Å². The van der Waals surface area contributed by atoms with Crippen LogP contribution in [0, 0.1) is 0 Å². The van der Waals surface area contributed by atoms with Gasteiger partial charge in [-0.1, -0.05) is 35.3 Å². The van der Waals surface area contributed by atoms with Gasteiger partial charge < -0.3 is 10.2 Å². The first-order valence-corrected chi connectivity index (χ1v) is 9.59. The zero-order valence-corrected chi connectivity index (χ0v) is 16.8. The van der Waals surface area contributed by atoms with Crippen LogP contribution in [0.4, 0.5) is 11.4 Å². The van der Waals surface area contributed by atoms with E-state index in [1.54, 1.807) is 31.2 Å². The van der Waals surface area contributed by atoms with E-state index in [0.29, 0.717) is 11.4 Å². The average molecular weight is 432 g/mol. The number of benzene rings is 2. The van der Waals surface area contributed by atoms with Gasteiger partial charge in [0.25, 0.3) is 11.8 Å². The van der Waals surface area contributed by atoms with E-state index in [1.165, 1.54) is 17.0 Å². The second-order valence-corrected chi connectivity index (χ2v) is 7.70. The molecule has 0 fully saturated rings. The fraction of sp³-hybridized carbons (Fsp3) is 0.200. The third-order valence-corrected chi connectivity index (χ3v) is 5.66. The standard InChI is InChI=1S/C20H15Cl2N3O4/c1-10-6-17(26)23-15-4-2-3-5-16(15)25(10)18(27)9-24-19(28)11-7-13(21)14(22)8-12(11)20(24)29/h2-5,7-8,10H,6,9H2,1H3,(H,23,26). The van der Waals surface area contributed by atoms with Crippen LogP contribution >= 0.6 is 23.2 Å². The van der Waals surface area contributed by atoms with E-state index in [2.05, 4.69) is 5.32 Å². The van der Waals surface area contributed by atoms with E-state index < -0.39 is 30.3 Å². The van der Waals surface area contributed by atoms with Gasteiger partial charge in [0.1, 0.15) is 6.54 Å². The number of para-hydroxylation sites is 2. The van der Waals surface area contributed by atoms with Gasteiger partial charge in [0.05, 0.1) is 32.5 Å². The first-order valence-electron chi connectivity index (χ1n) is 8.84. The predicted octanol–water partition coefficient (Wildman–Crippen LogP) is 3.35. The smallest absolute Gasteiger partial charge is 0.262 e. The van der Waals surface area contributed by atoms with Gasteiger partial charge in [-0.25, -0.2) is 0 Å². The first-order chi connectivity index (χ1) is 13.8. The summed E-state index contributed by atoms with van der Waals surface area (Å²) >= 11 is 11.9. The van der Waals surface area contributed by atoms with Crippen molar-refractivity contribution in [1.82, 2.24) is 4.90 Å². The van der Waals surface area contributed by atoms with Crippen molar-refractivity contribution in [3.8, 4) is 0 Å². The van der Waals surface area contributed by atoms with Crippen LogP contribution in [0.15, 0.2) is 36.4 Å². The van der Waals surface area contributed by atoms with Gasteiger partial charge in [0, 0.05) is 12.5 Å². The molecule has 1 N–H and O–H groups in total. The summed E-state index contributed by atoms with van der Waals surface area (Å²) in [6, 6.07) is 9.09. The van der Waals surface area contributed by atoms with Crippen LogP contribution in [0.5, 0.6) is 0 Å². The Morgan fingerprint density at radius 1 is 1.07 bits per heavy atom. The van der Waals surface area contributed by atoms with E-state index in [0.717, 1.165) is 4.90 Å². The first kappa shape index (κ1) is 19.4. The molecule has 0 bridgehead atoms. The molecule has 7 nitrogen and oxygen atoms in total. The van der Waals surface area contributed by atoms with Gasteiger partial charge in [0.15, 0.2) is 0 Å². The second-order valence-electron chi connectivity index (χ2n) is 6.89. The van der Waals surface area contributed by atoms with Crippen molar-refractivity contribution in [2.45, 2.75) is 19.4 Å². The number of rotatable bonds is 2. The number of carbonyl (C=O) groups is 4. The monoisotopic (exact) mass is 431 g/mol. The molecule has 0 aliphatic carbocycles. The van der Waals surface area contributed by atoms with Crippen LogP contribution in [-0.2, 0) is 9.59 Å². The maximum Gasteiger partial charge on any atom is 0.262 e. The van der Waals surface area contributed by atoms with Crippen LogP contribution < -0.4 is 10.2 Å². The van der Waals surface area contributed by atoms with Crippen molar-refractivity contribution in [3.05, 3.63) is 57.6 Å². The number of nitrogens with zero attached hydrogens (tertiary/aromatic N) is 2. The summed E-state index contributed by atoms with van der Waals surface area (Å²) in [7, 11) is 0. The summed E-state index contributed by atoms with van der Waals surface area (Å²) in [5.74, 6) is -1.91. The normalized spacial score (nSPS) is 18.3. The molecule has 4 amide bonds. The Balaban J connectivity index is 1.65. The molecule has 9 heteroatoms. The number of nitrogens with one attached hydrogen (secondary N) is 1. The highest BCUT2D eigenvalue weighted by atomic mass is 35.5. The van der Waals surface area contributed by atoms with Crippen LogP contribution in [0.3, 0.4) is 0 Å². The molecule has 2 aliphatic heterocycles. The van der Waals surface area contributed by atoms with Crippen molar-refractivity contribution in [2.75, 3.05) is 16.8 Å². The topological polar surface area (TPSA) is 86.8 Å². The Morgan fingerprint density at radius 2 is 1.66 bits per heavy atom. The summed E-state index contributed by atoms with van der Waals surface area (Å²) in [5.41, 5.74) is 1.23. The average Bonchev–Trinajstić information content (AvgIpc) is 2.81. The van der Waals surface area contributed by atoms with E-state index in [4.69, 9.17) is 23.2 Å². The lowest BCUT2D eigenvalue weighted by atomic mass is 10.1. The van der Waals surface area contributed by atoms with Gasteiger partial charge in [-0.05, 0) is 31.2 Å². The summed E-state index contributed by atoms with van der Waals surface area (Å²) in [6.07, 6.45) is 0.0910. The SMILES string of the molecule is CC1CC(=O)Nc2ccccc2N1C(=O)CN1C(=O)c2cc(Cl)c(Cl)cc2C1=O. The minimum atomic E-state index is -0.609. The van der Waals surface area contributed by atoms with Gasteiger partial charge in [-0.15, -0.1) is 0 Å². The minimum Gasteiger partial charge on any atom is -0.324 e. The Hall–Kier alpha value is -2.90. The fourth-order valence-corrected chi connectivity index (χ4v) is 3.93. The molecule has 0 saturated heterocycles. The van der Waals surface area contributed by atoms with Gasteiger partial charge in [0.2, 0.25) is 11.8 Å². The molecule has 1 unspecified atom stereocenters. The molecular formula is C20H15Cl2N3O4. The Bertz CT molecular complexity index is 1040. The number of hydrogen-bond donors (Lipinski definition) is 1. The molecule has 2 aliphatic rings. The molecular weight excluding hydrogens is 417 g/mol. The van der Waals surface area contributed by atoms with Gasteiger partial charge in [-0.3, -0.25) is 24.1 Å². The van der Waals surface area contributed by atoms with Crippen LogP contribution in [0.2, 0.25) is 10.0 Å². The van der Waals surface area contributed by atoms with E-state index in [-0.39, 0.29) is 33.5 Å². The maximum atomic E-state index is 13.2. The lowest BCUT2D eigenvalue weighted by Gasteiger charge is -2.29. The Morgan fingerprint density at radius 3 is 2.28 bits per heavy atom. The Labute approximate surface area is 176 Å². The Kier molecular flexibility index (Phi) is 4.80. The van der Waals surface area contributed by atoms with Crippen molar-refractivity contribution >= 4 is 58.2 Å². The summed E-state index contributed by atoms with van der Waals surface area (Å²) in [5, 5.41) is 3.07. The summed E-state index contributed by atoms with van der Waals surface area (Å²) < 4.78 is 0. The molecule has 2 aromatic carbocycles. The highest BCUT2D eigenvalue weighted by Crippen LogP contribution is 2.34. The van der Waals surface area contributed by atoms with E-state index >= 15 is 0 Å². The number of halogens is 2. The number of imide groups is 1. The molecule has 29 heavy (non-hydrogen) atoms. The zero-order valence-electron chi connectivity index (χ0n) is 15.2. The lowest BCUT2D eigenvalue weighted by molar-refractivity contribution is -0.119. The van der Waals surface area contributed by atoms with Gasteiger partial charge >= 0.3 is 0 Å². The third-order valence-electron chi connectivity index (χ3n) is 4.93. The number of fused-ring (bicyclic) bond motifs is 2. The van der Waals surface area contributed by atoms with E-state index in [9.17, 15) is 19.2 Å². The maximum absolute atomic E-state index is 13.2. The quantitative estimate of drug-likeness (QED) is 0.738. The molecule has 1 atom stereocenters. The highest BCUT2D eigenvalue weighted by Gasteiger charge is 2.39. The number of carbonyl (C=O) groups excluding carboxylic acids is 4. The third kappa shape index (κ3) is 3.26. The molecule has 0 saturated carbocycles. The summed E-state index contributed by atoms with van der Waals surface area (Å²) in [4.78, 5) is 53.0. The molecule has 0 spiro atoms. The fourth-order valence-electron chi connectivity index (χ4n) is 3.61. The molecule has 2 aromatic rings. The molecule has 2 heterocycles. The minimum absolute atomic E-state index is 0.0910.